The predicted octanol–water partition coefficient (Wildman–Crippen LogP) is 2.32. The number of carbonyl (C=O) groups is 2. The molecule has 1 unspecified atom stereocenters. The lowest BCUT2D eigenvalue weighted by atomic mass is 10.1. The fourth-order valence-corrected chi connectivity index (χ4v) is 2.42. The van der Waals surface area contributed by atoms with Gasteiger partial charge in [-0.3, -0.25) is 4.79 Å². The quantitative estimate of drug-likeness (QED) is 0.789. The summed E-state index contributed by atoms with van der Waals surface area (Å²) in [6, 6.07) is 0.335. The van der Waals surface area contributed by atoms with E-state index in [1.54, 1.807) is 4.90 Å². The highest BCUT2D eigenvalue weighted by atomic mass is 16.6. The van der Waals surface area contributed by atoms with Gasteiger partial charge in [-0.05, 0) is 47.0 Å². The van der Waals surface area contributed by atoms with Gasteiger partial charge in [-0.15, -0.1) is 0 Å². The molecule has 0 radical (unpaired) electrons. The van der Waals surface area contributed by atoms with Crippen molar-refractivity contribution in [2.24, 2.45) is 0 Å². The molecule has 0 aromatic heterocycles. The fraction of sp³-hybridized carbons (Fsp3) is 0.875. The maximum Gasteiger partial charge on any atom is 0.410 e. The molecule has 1 N–H and O–H groups in total. The monoisotopic (exact) mass is 314 g/mol. The molecular formula is C16H30N2O4. The van der Waals surface area contributed by atoms with Crippen LogP contribution in [-0.4, -0.2) is 54.8 Å². The van der Waals surface area contributed by atoms with Crippen LogP contribution in [0.2, 0.25) is 0 Å². The van der Waals surface area contributed by atoms with Gasteiger partial charge < -0.3 is 19.7 Å². The predicted molar refractivity (Wildman–Crippen MR) is 84.7 cm³/mol. The summed E-state index contributed by atoms with van der Waals surface area (Å²) in [7, 11) is 0. The molecule has 128 valence electrons. The third-order valence-electron chi connectivity index (χ3n) is 3.45. The number of ether oxygens (including phenoxy) is 2. The van der Waals surface area contributed by atoms with Crippen molar-refractivity contribution in [3.63, 3.8) is 0 Å². The molecule has 0 bridgehead atoms. The molecule has 0 aromatic rings. The first kappa shape index (κ1) is 18.7. The minimum absolute atomic E-state index is 0.168. The second-order valence-corrected chi connectivity index (χ2v) is 6.60. The van der Waals surface area contributed by atoms with E-state index >= 15 is 0 Å². The van der Waals surface area contributed by atoms with Crippen molar-refractivity contribution in [1.29, 1.82) is 0 Å². The Morgan fingerprint density at radius 3 is 2.59 bits per heavy atom. The molecule has 0 spiro atoms. The van der Waals surface area contributed by atoms with Gasteiger partial charge in [0.2, 0.25) is 0 Å². The van der Waals surface area contributed by atoms with Gasteiger partial charge in [-0.2, -0.15) is 0 Å². The molecular weight excluding hydrogens is 284 g/mol. The number of rotatable bonds is 5. The van der Waals surface area contributed by atoms with E-state index in [2.05, 4.69) is 5.32 Å². The Morgan fingerprint density at radius 1 is 1.23 bits per heavy atom. The van der Waals surface area contributed by atoms with Crippen LogP contribution in [0, 0.1) is 0 Å². The second kappa shape index (κ2) is 8.98. The number of nitrogens with one attached hydrogen (secondary N) is 1. The number of nitrogens with zero attached hydrogens (tertiary/aromatic N) is 1. The Labute approximate surface area is 133 Å². The number of hydrogen-bond donors (Lipinski definition) is 1. The summed E-state index contributed by atoms with van der Waals surface area (Å²) >= 11 is 0. The molecule has 6 nitrogen and oxygen atoms in total. The zero-order valence-corrected chi connectivity index (χ0v) is 14.3. The van der Waals surface area contributed by atoms with Crippen LogP contribution >= 0.6 is 0 Å². The number of likely N-dealkylation sites (tertiary alicyclic amines) is 1. The van der Waals surface area contributed by atoms with Crippen molar-refractivity contribution in [2.45, 2.75) is 65.0 Å². The van der Waals surface area contributed by atoms with Crippen LogP contribution in [0.3, 0.4) is 0 Å². The van der Waals surface area contributed by atoms with Crippen LogP contribution in [0.4, 0.5) is 4.79 Å². The lowest BCUT2D eigenvalue weighted by Crippen LogP contribution is -2.38. The average Bonchev–Trinajstić information content (AvgIpc) is 2.63. The second-order valence-electron chi connectivity index (χ2n) is 6.60. The molecule has 22 heavy (non-hydrogen) atoms. The maximum atomic E-state index is 12.1. The van der Waals surface area contributed by atoms with E-state index in [1.165, 1.54) is 0 Å². The zero-order valence-electron chi connectivity index (χ0n) is 14.3. The van der Waals surface area contributed by atoms with Crippen molar-refractivity contribution in [3.8, 4) is 0 Å². The summed E-state index contributed by atoms with van der Waals surface area (Å²) in [5.74, 6) is -0.168. The highest BCUT2D eigenvalue weighted by Crippen LogP contribution is 2.15. The molecule has 1 rings (SSSR count). The highest BCUT2D eigenvalue weighted by Gasteiger charge is 2.25. The van der Waals surface area contributed by atoms with Crippen molar-refractivity contribution in [2.75, 3.05) is 26.2 Å². The Morgan fingerprint density at radius 2 is 1.95 bits per heavy atom. The first-order chi connectivity index (χ1) is 10.3. The fourth-order valence-electron chi connectivity index (χ4n) is 2.42. The van der Waals surface area contributed by atoms with Crippen LogP contribution in [-0.2, 0) is 14.3 Å². The van der Waals surface area contributed by atoms with Gasteiger partial charge in [0.25, 0.3) is 0 Å². The molecule has 6 heteroatoms. The highest BCUT2D eigenvalue weighted by molar-refractivity contribution is 5.69. The van der Waals surface area contributed by atoms with Crippen LogP contribution in [0.25, 0.3) is 0 Å². The first-order valence-electron chi connectivity index (χ1n) is 8.18. The summed E-state index contributed by atoms with van der Waals surface area (Å²) in [5, 5.41) is 3.38. The standard InChI is InChI=1S/C16H30N2O4/c1-5-21-14(19)8-10-17-13-7-6-11-18(12-9-13)15(20)22-16(2,3)4/h13,17H,5-12H2,1-4H3. The minimum atomic E-state index is -0.458. The molecule has 1 heterocycles. The van der Waals surface area contributed by atoms with Crippen LogP contribution < -0.4 is 5.32 Å². The molecule has 1 amide bonds. The average molecular weight is 314 g/mol. The van der Waals surface area contributed by atoms with E-state index in [-0.39, 0.29) is 12.1 Å². The number of esters is 1. The number of hydrogen-bond acceptors (Lipinski definition) is 5. The van der Waals surface area contributed by atoms with Crippen molar-refractivity contribution in [3.05, 3.63) is 0 Å². The van der Waals surface area contributed by atoms with E-state index in [1.807, 2.05) is 27.7 Å². The largest absolute Gasteiger partial charge is 0.466 e. The third-order valence-corrected chi connectivity index (χ3v) is 3.45. The Hall–Kier alpha value is -1.30. The number of amides is 1. The summed E-state index contributed by atoms with van der Waals surface area (Å²) in [6.45, 7) is 9.90. The molecule has 1 saturated heterocycles. The van der Waals surface area contributed by atoms with E-state index in [9.17, 15) is 9.59 Å². The van der Waals surface area contributed by atoms with Gasteiger partial charge in [-0.1, -0.05) is 0 Å². The molecule has 0 saturated carbocycles. The van der Waals surface area contributed by atoms with Gasteiger partial charge >= 0.3 is 12.1 Å². The SMILES string of the molecule is CCOC(=O)CCNC1CCCN(C(=O)OC(C)(C)C)CC1. The maximum absolute atomic E-state index is 12.1. The lowest BCUT2D eigenvalue weighted by Gasteiger charge is -2.26. The summed E-state index contributed by atoms with van der Waals surface area (Å²) < 4.78 is 10.3. The molecule has 1 aliphatic heterocycles. The molecule has 1 fully saturated rings. The Bertz CT molecular complexity index is 366. The van der Waals surface area contributed by atoms with E-state index < -0.39 is 5.60 Å². The Balaban J connectivity index is 2.30. The normalized spacial score (nSPS) is 19.5. The van der Waals surface area contributed by atoms with Crippen LogP contribution in [0.1, 0.15) is 53.4 Å². The van der Waals surface area contributed by atoms with Gasteiger partial charge in [-0.25, -0.2) is 4.79 Å². The van der Waals surface area contributed by atoms with E-state index in [0.29, 0.717) is 32.2 Å². The topological polar surface area (TPSA) is 67.9 Å². The summed E-state index contributed by atoms with van der Waals surface area (Å²) in [6.07, 6.45) is 2.97. The van der Waals surface area contributed by atoms with Crippen molar-refractivity contribution >= 4 is 12.1 Å². The number of carbonyl (C=O) groups excluding carboxylic acids is 2. The molecule has 0 aliphatic carbocycles. The molecule has 1 aliphatic rings. The zero-order chi connectivity index (χ0) is 16.6. The smallest absolute Gasteiger partial charge is 0.410 e. The van der Waals surface area contributed by atoms with E-state index in [4.69, 9.17) is 9.47 Å². The first-order valence-corrected chi connectivity index (χ1v) is 8.18. The van der Waals surface area contributed by atoms with Gasteiger partial charge in [0, 0.05) is 25.7 Å². The van der Waals surface area contributed by atoms with Crippen molar-refractivity contribution < 1.29 is 19.1 Å². The Kier molecular flexibility index (Phi) is 7.65. The van der Waals surface area contributed by atoms with Crippen LogP contribution in [0.5, 0.6) is 0 Å². The van der Waals surface area contributed by atoms with Crippen LogP contribution in [0.15, 0.2) is 0 Å². The molecule has 1 atom stereocenters. The lowest BCUT2D eigenvalue weighted by molar-refractivity contribution is -0.143. The van der Waals surface area contributed by atoms with Crippen molar-refractivity contribution in [1.82, 2.24) is 10.2 Å². The minimum Gasteiger partial charge on any atom is -0.466 e. The summed E-state index contributed by atoms with van der Waals surface area (Å²) in [4.78, 5) is 25.1. The van der Waals surface area contributed by atoms with Gasteiger partial charge in [0.05, 0.1) is 13.0 Å². The summed E-state index contributed by atoms with van der Waals surface area (Å²) in [5.41, 5.74) is -0.458. The molecule has 0 aromatic carbocycles. The third kappa shape index (κ3) is 7.64. The van der Waals surface area contributed by atoms with E-state index in [0.717, 1.165) is 25.8 Å². The van der Waals surface area contributed by atoms with Gasteiger partial charge in [0.15, 0.2) is 0 Å². The van der Waals surface area contributed by atoms with Gasteiger partial charge in [0.1, 0.15) is 5.60 Å².